The molecule has 120 valence electrons. The number of anilines is 1. The fraction of sp³-hybridized carbons (Fsp3) is 0.500. The van der Waals surface area contributed by atoms with E-state index in [9.17, 15) is 0 Å². The molecule has 0 amide bonds. The molecule has 7 nitrogen and oxygen atoms in total. The van der Waals surface area contributed by atoms with Gasteiger partial charge in [-0.3, -0.25) is 4.90 Å². The molecule has 0 unspecified atom stereocenters. The first kappa shape index (κ1) is 15.4. The van der Waals surface area contributed by atoms with E-state index in [1.807, 2.05) is 6.92 Å². The predicted octanol–water partition coefficient (Wildman–Crippen LogP) is 1.83. The van der Waals surface area contributed by atoms with Crippen LogP contribution in [0.3, 0.4) is 0 Å². The van der Waals surface area contributed by atoms with E-state index in [0.717, 1.165) is 32.5 Å². The average Bonchev–Trinajstić information content (AvgIpc) is 3.23. The van der Waals surface area contributed by atoms with Gasteiger partial charge in [-0.15, -0.1) is 10.2 Å². The standard InChI is InChI=1S/C16H20N6O/c1-2-14-20-21-15(23-14)11-22-7-5-12(10-22)9-19-16-13(8-17)4-3-6-18-16/h3-4,6,12H,2,5,7,9-11H2,1H3,(H,18,19)/t12-/m1/s1. The van der Waals surface area contributed by atoms with Crippen LogP contribution in [0.2, 0.25) is 0 Å². The molecule has 3 heterocycles. The number of aromatic nitrogens is 3. The first-order valence-electron chi connectivity index (χ1n) is 7.91. The van der Waals surface area contributed by atoms with Crippen LogP contribution in [0.4, 0.5) is 5.82 Å². The van der Waals surface area contributed by atoms with E-state index >= 15 is 0 Å². The Labute approximate surface area is 135 Å². The normalized spacial score (nSPS) is 18.0. The summed E-state index contributed by atoms with van der Waals surface area (Å²) in [6, 6.07) is 5.71. The van der Waals surface area contributed by atoms with E-state index in [2.05, 4.69) is 31.5 Å². The van der Waals surface area contributed by atoms with Gasteiger partial charge in [0.25, 0.3) is 0 Å². The third-order valence-electron chi connectivity index (χ3n) is 4.03. The molecule has 7 heteroatoms. The van der Waals surface area contributed by atoms with Gasteiger partial charge in [-0.05, 0) is 31.0 Å². The summed E-state index contributed by atoms with van der Waals surface area (Å²) in [5.74, 6) is 2.57. The van der Waals surface area contributed by atoms with Gasteiger partial charge in [0.05, 0.1) is 12.1 Å². The Morgan fingerprint density at radius 2 is 2.30 bits per heavy atom. The van der Waals surface area contributed by atoms with Crippen molar-refractivity contribution in [2.75, 3.05) is 25.0 Å². The Bertz CT molecular complexity index is 692. The summed E-state index contributed by atoms with van der Waals surface area (Å²) in [7, 11) is 0. The molecule has 3 rings (SSSR count). The molecule has 2 aromatic heterocycles. The zero-order valence-electron chi connectivity index (χ0n) is 13.2. The van der Waals surface area contributed by atoms with E-state index in [1.54, 1.807) is 18.3 Å². The fourth-order valence-corrected chi connectivity index (χ4v) is 2.79. The van der Waals surface area contributed by atoms with Crippen LogP contribution in [-0.2, 0) is 13.0 Å². The van der Waals surface area contributed by atoms with E-state index in [-0.39, 0.29) is 0 Å². The Morgan fingerprint density at radius 3 is 3.09 bits per heavy atom. The second-order valence-corrected chi connectivity index (χ2v) is 5.73. The topological polar surface area (TPSA) is 90.9 Å². The van der Waals surface area contributed by atoms with Gasteiger partial charge in [0.1, 0.15) is 11.9 Å². The van der Waals surface area contributed by atoms with Gasteiger partial charge < -0.3 is 9.73 Å². The van der Waals surface area contributed by atoms with Crippen LogP contribution in [-0.4, -0.2) is 39.7 Å². The van der Waals surface area contributed by atoms with Crippen LogP contribution in [0, 0.1) is 17.2 Å². The lowest BCUT2D eigenvalue weighted by Crippen LogP contribution is -2.23. The molecule has 23 heavy (non-hydrogen) atoms. The molecule has 1 fully saturated rings. The van der Waals surface area contributed by atoms with E-state index in [1.165, 1.54) is 0 Å². The van der Waals surface area contributed by atoms with Crippen molar-refractivity contribution in [2.24, 2.45) is 5.92 Å². The minimum absolute atomic E-state index is 0.525. The molecule has 0 aromatic carbocycles. The molecular weight excluding hydrogens is 292 g/mol. The van der Waals surface area contributed by atoms with Gasteiger partial charge in [0.2, 0.25) is 11.8 Å². The number of likely N-dealkylation sites (tertiary alicyclic amines) is 1. The summed E-state index contributed by atoms with van der Waals surface area (Å²) >= 11 is 0. The number of nitriles is 1. The van der Waals surface area contributed by atoms with E-state index in [4.69, 9.17) is 9.68 Å². The fourth-order valence-electron chi connectivity index (χ4n) is 2.79. The number of hydrogen-bond donors (Lipinski definition) is 1. The minimum atomic E-state index is 0.525. The van der Waals surface area contributed by atoms with Gasteiger partial charge in [-0.25, -0.2) is 4.98 Å². The number of nitrogens with one attached hydrogen (secondary N) is 1. The Balaban J connectivity index is 1.49. The number of pyridine rings is 1. The highest BCUT2D eigenvalue weighted by atomic mass is 16.4. The molecule has 2 aromatic rings. The van der Waals surface area contributed by atoms with Crippen molar-refractivity contribution in [2.45, 2.75) is 26.3 Å². The van der Waals surface area contributed by atoms with Crippen molar-refractivity contribution >= 4 is 5.82 Å². The molecule has 0 aliphatic carbocycles. The van der Waals surface area contributed by atoms with Crippen LogP contribution in [0.5, 0.6) is 0 Å². The molecule has 1 atom stereocenters. The zero-order valence-corrected chi connectivity index (χ0v) is 13.2. The molecule has 1 N–H and O–H groups in total. The highest BCUT2D eigenvalue weighted by Gasteiger charge is 2.24. The monoisotopic (exact) mass is 312 g/mol. The lowest BCUT2D eigenvalue weighted by molar-refractivity contribution is 0.278. The Hall–Kier alpha value is -2.46. The third-order valence-corrected chi connectivity index (χ3v) is 4.03. The largest absolute Gasteiger partial charge is 0.424 e. The van der Waals surface area contributed by atoms with Gasteiger partial charge in [-0.1, -0.05) is 6.92 Å². The first-order valence-corrected chi connectivity index (χ1v) is 7.91. The summed E-state index contributed by atoms with van der Waals surface area (Å²) in [5.41, 5.74) is 0.584. The molecule has 0 spiro atoms. The van der Waals surface area contributed by atoms with Crippen molar-refractivity contribution in [3.05, 3.63) is 35.7 Å². The second-order valence-electron chi connectivity index (χ2n) is 5.73. The molecule has 1 saturated heterocycles. The van der Waals surface area contributed by atoms with Crippen molar-refractivity contribution in [3.63, 3.8) is 0 Å². The summed E-state index contributed by atoms with van der Waals surface area (Å²) in [6.45, 7) is 5.51. The zero-order chi connectivity index (χ0) is 16.1. The Morgan fingerprint density at radius 1 is 1.43 bits per heavy atom. The molecule has 1 aliphatic heterocycles. The number of nitrogens with zero attached hydrogens (tertiary/aromatic N) is 5. The number of rotatable bonds is 6. The number of hydrogen-bond acceptors (Lipinski definition) is 7. The Kier molecular flexibility index (Phi) is 4.83. The van der Waals surface area contributed by atoms with Gasteiger partial charge in [0, 0.05) is 25.7 Å². The van der Waals surface area contributed by atoms with Crippen LogP contribution >= 0.6 is 0 Å². The second kappa shape index (κ2) is 7.20. The third kappa shape index (κ3) is 3.85. The number of aryl methyl sites for hydroxylation is 1. The van der Waals surface area contributed by atoms with Gasteiger partial charge >= 0.3 is 0 Å². The highest BCUT2D eigenvalue weighted by Crippen LogP contribution is 2.19. The molecular formula is C16H20N6O. The van der Waals surface area contributed by atoms with Crippen molar-refractivity contribution < 1.29 is 4.42 Å². The maximum absolute atomic E-state index is 9.08. The molecule has 0 radical (unpaired) electrons. The maximum Gasteiger partial charge on any atom is 0.230 e. The highest BCUT2D eigenvalue weighted by molar-refractivity contribution is 5.51. The summed E-state index contributed by atoms with van der Waals surface area (Å²) in [5, 5.41) is 20.4. The smallest absolute Gasteiger partial charge is 0.230 e. The van der Waals surface area contributed by atoms with Crippen molar-refractivity contribution in [1.29, 1.82) is 5.26 Å². The summed E-state index contributed by atoms with van der Waals surface area (Å²) in [6.07, 6.45) is 3.58. The minimum Gasteiger partial charge on any atom is -0.424 e. The van der Waals surface area contributed by atoms with Crippen LogP contribution < -0.4 is 5.32 Å². The van der Waals surface area contributed by atoms with Crippen molar-refractivity contribution in [3.8, 4) is 6.07 Å². The lowest BCUT2D eigenvalue weighted by Gasteiger charge is -2.14. The van der Waals surface area contributed by atoms with E-state index < -0.39 is 0 Å². The molecule has 0 bridgehead atoms. The predicted molar refractivity (Wildman–Crippen MR) is 84.5 cm³/mol. The maximum atomic E-state index is 9.08. The molecule has 1 aliphatic rings. The molecule has 0 saturated carbocycles. The average molecular weight is 312 g/mol. The SMILES string of the molecule is CCc1nnc(CN2CC[C@H](CNc3ncccc3C#N)C2)o1. The van der Waals surface area contributed by atoms with Crippen LogP contribution in [0.1, 0.15) is 30.7 Å². The van der Waals surface area contributed by atoms with E-state index in [0.29, 0.717) is 35.6 Å². The lowest BCUT2D eigenvalue weighted by atomic mass is 10.1. The van der Waals surface area contributed by atoms with Crippen molar-refractivity contribution in [1.82, 2.24) is 20.1 Å². The van der Waals surface area contributed by atoms with Gasteiger partial charge in [0.15, 0.2) is 0 Å². The summed E-state index contributed by atoms with van der Waals surface area (Å²) in [4.78, 5) is 6.55. The van der Waals surface area contributed by atoms with Crippen LogP contribution in [0.25, 0.3) is 0 Å². The van der Waals surface area contributed by atoms with Gasteiger partial charge in [-0.2, -0.15) is 5.26 Å². The van der Waals surface area contributed by atoms with Crippen LogP contribution in [0.15, 0.2) is 22.7 Å². The first-order chi connectivity index (χ1) is 11.3. The quantitative estimate of drug-likeness (QED) is 0.870. The summed E-state index contributed by atoms with van der Waals surface area (Å²) < 4.78 is 5.56.